The highest BCUT2D eigenvalue weighted by Crippen LogP contribution is 2.48. The van der Waals surface area contributed by atoms with Gasteiger partial charge in [0.25, 0.3) is 0 Å². The van der Waals surface area contributed by atoms with Gasteiger partial charge in [-0.15, -0.1) is 0 Å². The lowest BCUT2D eigenvalue weighted by molar-refractivity contribution is -0.128. The molecule has 0 atom stereocenters. The summed E-state index contributed by atoms with van der Waals surface area (Å²) in [5, 5.41) is 0.844. The lowest BCUT2D eigenvalue weighted by Gasteiger charge is -2.45. The first-order chi connectivity index (χ1) is 15.0. The Morgan fingerprint density at radius 3 is 2.48 bits per heavy atom. The van der Waals surface area contributed by atoms with E-state index in [9.17, 15) is 4.79 Å². The monoisotopic (exact) mass is 429 g/mol. The quantitative estimate of drug-likeness (QED) is 0.690. The predicted molar refractivity (Wildman–Crippen MR) is 108 cm³/mol. The Balaban J connectivity index is 1.76. The van der Waals surface area contributed by atoms with Crippen LogP contribution in [-0.4, -0.2) is 43.3 Å². The van der Waals surface area contributed by atoms with Crippen molar-refractivity contribution < 1.29 is 27.8 Å². The number of rotatable bonds is 3. The Morgan fingerprint density at radius 2 is 1.84 bits per heavy atom. The van der Waals surface area contributed by atoms with E-state index < -0.39 is 22.7 Å². The van der Waals surface area contributed by atoms with E-state index in [2.05, 4.69) is 9.97 Å². The number of halogens is 2. The van der Waals surface area contributed by atoms with Crippen LogP contribution in [-0.2, 0) is 21.5 Å². The van der Waals surface area contributed by atoms with Crippen molar-refractivity contribution in [1.29, 1.82) is 0 Å². The second-order valence-electron chi connectivity index (χ2n) is 7.74. The fourth-order valence-electron chi connectivity index (χ4n) is 4.82. The number of amides is 1. The molecule has 1 spiro atoms. The molecule has 1 aromatic carbocycles. The number of aromatic nitrogens is 2. The highest BCUT2D eigenvalue weighted by atomic mass is 19.1. The first kappa shape index (κ1) is 19.7. The zero-order valence-electron chi connectivity index (χ0n) is 17.1. The molecule has 0 saturated carbocycles. The molecule has 5 rings (SSSR count). The van der Waals surface area contributed by atoms with Gasteiger partial charge in [-0.2, -0.15) is 0 Å². The largest absolute Gasteiger partial charge is 0.493 e. The zero-order chi connectivity index (χ0) is 21.8. The van der Waals surface area contributed by atoms with Gasteiger partial charge in [-0.1, -0.05) is 0 Å². The van der Waals surface area contributed by atoms with Gasteiger partial charge < -0.3 is 24.1 Å². The van der Waals surface area contributed by atoms with Crippen molar-refractivity contribution >= 4 is 22.6 Å². The molecule has 0 unspecified atom stereocenters. The van der Waals surface area contributed by atoms with Gasteiger partial charge in [-0.3, -0.25) is 4.79 Å². The van der Waals surface area contributed by atoms with Gasteiger partial charge in [0.05, 0.1) is 26.2 Å². The number of benzene rings is 1. The number of fused-ring (bicyclic) bond motifs is 4. The average molecular weight is 429 g/mol. The number of carbonyl (C=O) groups is 1. The molecule has 2 aliphatic heterocycles. The Kier molecular flexibility index (Phi) is 4.58. The summed E-state index contributed by atoms with van der Waals surface area (Å²) in [6.07, 6.45) is 4.25. The molecule has 162 valence electrons. The molecule has 0 aliphatic carbocycles. The first-order valence-electron chi connectivity index (χ1n) is 9.97. The van der Waals surface area contributed by atoms with Gasteiger partial charge >= 0.3 is 0 Å². The van der Waals surface area contributed by atoms with Crippen LogP contribution in [0.1, 0.15) is 24.0 Å². The van der Waals surface area contributed by atoms with E-state index in [0.717, 1.165) is 27.5 Å². The number of pyridine rings is 1. The fourth-order valence-corrected chi connectivity index (χ4v) is 4.82. The predicted octanol–water partition coefficient (Wildman–Crippen LogP) is 3.45. The molecule has 2 aromatic heterocycles. The maximum absolute atomic E-state index is 15.3. The molecule has 1 N–H and O–H groups in total. The van der Waals surface area contributed by atoms with E-state index in [1.54, 1.807) is 12.4 Å². The van der Waals surface area contributed by atoms with Crippen LogP contribution in [0.3, 0.4) is 0 Å². The summed E-state index contributed by atoms with van der Waals surface area (Å²) in [6.45, 7) is 0.731. The number of hydrogen-bond acceptors (Lipinski definition) is 5. The number of H-pyrrole nitrogens is 1. The number of hydrogen-bond donors (Lipinski definition) is 1. The van der Waals surface area contributed by atoms with Crippen molar-refractivity contribution in [2.75, 3.05) is 32.3 Å². The maximum atomic E-state index is 15.3. The number of anilines is 1. The summed E-state index contributed by atoms with van der Waals surface area (Å²) in [7, 11) is 2.55. The Labute approximate surface area is 176 Å². The lowest BCUT2D eigenvalue weighted by atomic mass is 9.68. The van der Waals surface area contributed by atoms with Crippen LogP contribution in [0, 0.1) is 11.6 Å². The molecule has 9 heteroatoms. The summed E-state index contributed by atoms with van der Waals surface area (Å²) >= 11 is 0. The summed E-state index contributed by atoms with van der Waals surface area (Å²) in [4.78, 5) is 22.6. The number of ether oxygens (including phenoxy) is 3. The number of aromatic amines is 1. The third kappa shape index (κ3) is 2.72. The number of methoxy groups -OCH3 is 2. The van der Waals surface area contributed by atoms with Crippen molar-refractivity contribution in [3.8, 4) is 11.5 Å². The molecule has 31 heavy (non-hydrogen) atoms. The average Bonchev–Trinajstić information content (AvgIpc) is 3.26. The van der Waals surface area contributed by atoms with E-state index >= 15 is 8.78 Å². The highest BCUT2D eigenvalue weighted by Gasteiger charge is 2.51. The third-order valence-corrected chi connectivity index (χ3v) is 6.29. The molecular formula is C22H21F2N3O4. The molecule has 2 aliphatic rings. The molecule has 1 fully saturated rings. The number of nitrogens with one attached hydrogen (secondary N) is 1. The highest BCUT2D eigenvalue weighted by molar-refractivity contribution is 6.06. The van der Waals surface area contributed by atoms with Gasteiger partial charge in [0.1, 0.15) is 11.3 Å². The van der Waals surface area contributed by atoms with Crippen LogP contribution in [0.5, 0.6) is 11.5 Å². The lowest BCUT2D eigenvalue weighted by Crippen LogP contribution is -2.54. The smallest absolute Gasteiger partial charge is 0.238 e. The van der Waals surface area contributed by atoms with Gasteiger partial charge in [0.15, 0.2) is 23.1 Å². The maximum Gasteiger partial charge on any atom is 0.238 e. The Hall–Kier alpha value is -3.20. The van der Waals surface area contributed by atoms with Crippen LogP contribution in [0.4, 0.5) is 14.5 Å². The van der Waals surface area contributed by atoms with Gasteiger partial charge in [0, 0.05) is 37.1 Å². The Bertz CT molecular complexity index is 1160. The van der Waals surface area contributed by atoms with Crippen molar-refractivity contribution in [3.63, 3.8) is 0 Å². The summed E-state index contributed by atoms with van der Waals surface area (Å²) in [5.74, 6) is -2.67. The van der Waals surface area contributed by atoms with Crippen molar-refractivity contribution in [2.45, 2.75) is 24.8 Å². The molecule has 7 nitrogen and oxygen atoms in total. The number of nitrogens with zero attached hydrogens (tertiary/aromatic N) is 2. The minimum Gasteiger partial charge on any atom is -0.493 e. The standard InChI is InChI=1S/C22H21F2N3O4/c1-29-14-9-15(30-2)18(24)19(17(14)23)27-11-12-10-26-20-13(3-6-25-20)16(12)22(21(27)28)4-7-31-8-5-22/h3,6,9-10H,4-5,7-8,11H2,1-2H3,(H,25,26). The summed E-state index contributed by atoms with van der Waals surface area (Å²) in [6, 6.07) is 3.02. The van der Waals surface area contributed by atoms with Gasteiger partial charge in [-0.25, -0.2) is 13.8 Å². The summed E-state index contributed by atoms with van der Waals surface area (Å²) in [5.41, 5.74) is 0.830. The second-order valence-corrected chi connectivity index (χ2v) is 7.74. The minimum atomic E-state index is -0.968. The van der Waals surface area contributed by atoms with E-state index in [1.165, 1.54) is 14.2 Å². The van der Waals surface area contributed by atoms with Crippen molar-refractivity contribution in [1.82, 2.24) is 9.97 Å². The minimum absolute atomic E-state index is 0.0188. The Morgan fingerprint density at radius 1 is 1.16 bits per heavy atom. The van der Waals surface area contributed by atoms with Gasteiger partial charge in [-0.05, 0) is 30.0 Å². The number of carbonyl (C=O) groups excluding carboxylic acids is 1. The van der Waals surface area contributed by atoms with Crippen molar-refractivity contribution in [3.05, 3.63) is 47.3 Å². The molecule has 1 saturated heterocycles. The van der Waals surface area contributed by atoms with Crippen molar-refractivity contribution in [2.24, 2.45) is 0 Å². The van der Waals surface area contributed by atoms with E-state index in [-0.39, 0.29) is 24.0 Å². The molecule has 4 heterocycles. The fraction of sp³-hybridized carbons (Fsp3) is 0.364. The van der Waals surface area contributed by atoms with Crippen LogP contribution >= 0.6 is 0 Å². The van der Waals surface area contributed by atoms with E-state index in [4.69, 9.17) is 14.2 Å². The van der Waals surface area contributed by atoms with Gasteiger partial charge in [0.2, 0.25) is 5.91 Å². The summed E-state index contributed by atoms with van der Waals surface area (Å²) < 4.78 is 46.2. The van der Waals surface area contributed by atoms with Crippen LogP contribution in [0.15, 0.2) is 24.5 Å². The van der Waals surface area contributed by atoms with Crippen LogP contribution in [0.25, 0.3) is 11.0 Å². The molecular weight excluding hydrogens is 408 g/mol. The molecule has 1 amide bonds. The SMILES string of the molecule is COc1cc(OC)c(F)c(N2Cc3cnc4[nH]ccc4c3C3(CCOCC3)C2=O)c1F. The normalized spacial score (nSPS) is 17.8. The topological polar surface area (TPSA) is 76.7 Å². The van der Waals surface area contributed by atoms with E-state index in [0.29, 0.717) is 31.7 Å². The third-order valence-electron chi connectivity index (χ3n) is 6.29. The van der Waals surface area contributed by atoms with Crippen LogP contribution in [0.2, 0.25) is 0 Å². The molecule has 0 radical (unpaired) electrons. The second kappa shape index (κ2) is 7.19. The molecule has 0 bridgehead atoms. The first-order valence-corrected chi connectivity index (χ1v) is 9.97. The van der Waals surface area contributed by atoms with Crippen LogP contribution < -0.4 is 14.4 Å². The molecule has 3 aromatic rings. The van der Waals surface area contributed by atoms with E-state index in [1.807, 2.05) is 6.07 Å². The zero-order valence-corrected chi connectivity index (χ0v) is 17.1.